The summed E-state index contributed by atoms with van der Waals surface area (Å²) in [5.41, 5.74) is 0.828. The van der Waals surface area contributed by atoms with Crippen LogP contribution in [0.25, 0.3) is 0 Å². The minimum absolute atomic E-state index is 0.0894. The van der Waals surface area contributed by atoms with Crippen molar-refractivity contribution in [2.24, 2.45) is 0 Å². The number of thiazole rings is 1. The van der Waals surface area contributed by atoms with E-state index < -0.39 is 0 Å². The average Bonchev–Trinajstić information content (AvgIpc) is 3.06. The van der Waals surface area contributed by atoms with E-state index in [0.717, 1.165) is 66.6 Å². The summed E-state index contributed by atoms with van der Waals surface area (Å²) in [5, 5.41) is 9.73. The van der Waals surface area contributed by atoms with Gasteiger partial charge in [-0.25, -0.2) is 4.98 Å². The minimum Gasteiger partial charge on any atom is -0.378 e. The molecular formula is C18H24N6O2S. The third-order valence-corrected chi connectivity index (χ3v) is 6.02. The van der Waals surface area contributed by atoms with Crippen LogP contribution >= 0.6 is 11.3 Å². The van der Waals surface area contributed by atoms with Crippen molar-refractivity contribution in [2.45, 2.75) is 13.8 Å². The molecule has 2 aliphatic rings. The van der Waals surface area contributed by atoms with Crippen molar-refractivity contribution in [1.82, 2.24) is 20.1 Å². The van der Waals surface area contributed by atoms with Gasteiger partial charge in [0.1, 0.15) is 4.88 Å². The van der Waals surface area contributed by atoms with Crippen molar-refractivity contribution in [1.29, 1.82) is 0 Å². The fourth-order valence-electron chi connectivity index (χ4n) is 3.46. The number of nitrogens with zero attached hydrogens (tertiary/aromatic N) is 6. The summed E-state index contributed by atoms with van der Waals surface area (Å²) in [4.78, 5) is 24.1. The fraction of sp³-hybridized carbons (Fsp3) is 0.556. The van der Waals surface area contributed by atoms with Crippen molar-refractivity contribution in [3.05, 3.63) is 27.7 Å². The Bertz CT molecular complexity index is 795. The highest BCUT2D eigenvalue weighted by Gasteiger charge is 2.26. The van der Waals surface area contributed by atoms with E-state index in [0.29, 0.717) is 13.1 Å². The third kappa shape index (κ3) is 3.89. The summed E-state index contributed by atoms with van der Waals surface area (Å²) in [6.45, 7) is 9.89. The second-order valence-corrected chi connectivity index (χ2v) is 7.98. The summed E-state index contributed by atoms with van der Waals surface area (Å²) in [5.74, 6) is 1.85. The molecule has 2 aromatic heterocycles. The van der Waals surface area contributed by atoms with Gasteiger partial charge in [-0.1, -0.05) is 0 Å². The molecule has 4 heterocycles. The first-order chi connectivity index (χ1) is 13.1. The largest absolute Gasteiger partial charge is 0.378 e. The lowest BCUT2D eigenvalue weighted by Crippen LogP contribution is -2.49. The third-order valence-electron chi connectivity index (χ3n) is 4.96. The lowest BCUT2D eigenvalue weighted by atomic mass is 10.2. The van der Waals surface area contributed by atoms with Gasteiger partial charge in [-0.3, -0.25) is 4.79 Å². The maximum Gasteiger partial charge on any atom is 0.265 e. The molecule has 27 heavy (non-hydrogen) atoms. The number of hydrogen-bond donors (Lipinski definition) is 0. The van der Waals surface area contributed by atoms with E-state index in [1.807, 2.05) is 30.9 Å². The lowest BCUT2D eigenvalue weighted by Gasteiger charge is -2.35. The van der Waals surface area contributed by atoms with Crippen LogP contribution in [-0.4, -0.2) is 78.5 Å². The molecule has 8 nitrogen and oxygen atoms in total. The zero-order valence-electron chi connectivity index (χ0n) is 15.7. The molecule has 0 aliphatic carbocycles. The monoisotopic (exact) mass is 388 g/mol. The smallest absolute Gasteiger partial charge is 0.265 e. The number of carbonyl (C=O) groups is 1. The van der Waals surface area contributed by atoms with Crippen LogP contribution in [0, 0.1) is 13.8 Å². The summed E-state index contributed by atoms with van der Waals surface area (Å²) in [6.07, 6.45) is 0. The molecule has 4 rings (SSSR count). The molecule has 0 radical (unpaired) electrons. The van der Waals surface area contributed by atoms with Gasteiger partial charge in [-0.2, -0.15) is 0 Å². The number of piperazine rings is 1. The van der Waals surface area contributed by atoms with Crippen LogP contribution in [0.3, 0.4) is 0 Å². The van der Waals surface area contributed by atoms with E-state index >= 15 is 0 Å². The normalized spacial score (nSPS) is 18.1. The Morgan fingerprint density at radius 2 is 1.56 bits per heavy atom. The average molecular weight is 388 g/mol. The van der Waals surface area contributed by atoms with Gasteiger partial charge in [0.25, 0.3) is 5.91 Å². The van der Waals surface area contributed by atoms with Crippen LogP contribution in [0.4, 0.5) is 11.6 Å². The maximum atomic E-state index is 12.7. The van der Waals surface area contributed by atoms with Crippen LogP contribution in [0.5, 0.6) is 0 Å². The van der Waals surface area contributed by atoms with Crippen LogP contribution in [0.2, 0.25) is 0 Å². The molecule has 9 heteroatoms. The highest BCUT2D eigenvalue weighted by Crippen LogP contribution is 2.22. The molecule has 0 aromatic carbocycles. The first-order valence-electron chi connectivity index (χ1n) is 9.26. The van der Waals surface area contributed by atoms with Gasteiger partial charge in [0.15, 0.2) is 11.6 Å². The summed E-state index contributed by atoms with van der Waals surface area (Å²) in [7, 11) is 0. The van der Waals surface area contributed by atoms with Gasteiger partial charge in [-0.15, -0.1) is 21.5 Å². The van der Waals surface area contributed by atoms with Crippen molar-refractivity contribution in [3.8, 4) is 0 Å². The zero-order valence-corrected chi connectivity index (χ0v) is 16.5. The van der Waals surface area contributed by atoms with Crippen LogP contribution < -0.4 is 9.80 Å². The molecular weight excluding hydrogens is 364 g/mol. The van der Waals surface area contributed by atoms with E-state index in [9.17, 15) is 4.79 Å². The molecule has 2 fully saturated rings. The van der Waals surface area contributed by atoms with Gasteiger partial charge in [0, 0.05) is 39.3 Å². The van der Waals surface area contributed by atoms with E-state index in [4.69, 9.17) is 4.74 Å². The van der Waals surface area contributed by atoms with Gasteiger partial charge < -0.3 is 19.4 Å². The van der Waals surface area contributed by atoms with Crippen LogP contribution in [-0.2, 0) is 4.74 Å². The van der Waals surface area contributed by atoms with Gasteiger partial charge >= 0.3 is 0 Å². The van der Waals surface area contributed by atoms with E-state index in [1.54, 1.807) is 0 Å². The number of rotatable bonds is 3. The summed E-state index contributed by atoms with van der Waals surface area (Å²) >= 11 is 1.48. The molecule has 2 aromatic rings. The SMILES string of the molecule is Cc1nc(C)c(C(=O)N2CCN(c3ccc(N4CCOCC4)nn3)CC2)s1. The fourth-order valence-corrected chi connectivity index (χ4v) is 4.35. The number of aryl methyl sites for hydroxylation is 2. The number of carbonyl (C=O) groups excluding carboxylic acids is 1. The topological polar surface area (TPSA) is 74.7 Å². The Kier molecular flexibility index (Phi) is 5.22. The first kappa shape index (κ1) is 18.1. The molecule has 1 amide bonds. The van der Waals surface area contributed by atoms with Crippen LogP contribution in [0.15, 0.2) is 12.1 Å². The Morgan fingerprint density at radius 3 is 2.07 bits per heavy atom. The van der Waals surface area contributed by atoms with E-state index in [2.05, 4.69) is 25.0 Å². The molecule has 0 unspecified atom stereocenters. The molecule has 0 spiro atoms. The quantitative estimate of drug-likeness (QED) is 0.786. The predicted octanol–water partition coefficient (Wildman–Crippen LogP) is 1.35. The molecule has 0 N–H and O–H groups in total. The predicted molar refractivity (Wildman–Crippen MR) is 105 cm³/mol. The number of ether oxygens (including phenoxy) is 1. The number of amides is 1. The van der Waals surface area contributed by atoms with Crippen molar-refractivity contribution >= 4 is 28.9 Å². The highest BCUT2D eigenvalue weighted by atomic mass is 32.1. The van der Waals surface area contributed by atoms with Gasteiger partial charge in [-0.05, 0) is 26.0 Å². The first-order valence-corrected chi connectivity index (χ1v) is 10.1. The van der Waals surface area contributed by atoms with Crippen LogP contribution in [0.1, 0.15) is 20.4 Å². The standard InChI is InChI=1S/C18H24N6O2S/c1-13-17(27-14(2)19-13)18(25)24-7-5-22(6-8-24)15-3-4-16(21-20-15)23-9-11-26-12-10-23/h3-4H,5-12H2,1-2H3. The van der Waals surface area contributed by atoms with Crippen molar-refractivity contribution < 1.29 is 9.53 Å². The van der Waals surface area contributed by atoms with E-state index in [-0.39, 0.29) is 5.91 Å². The highest BCUT2D eigenvalue weighted by molar-refractivity contribution is 7.13. The van der Waals surface area contributed by atoms with Crippen molar-refractivity contribution in [2.75, 3.05) is 62.3 Å². The number of aromatic nitrogens is 3. The summed E-state index contributed by atoms with van der Waals surface area (Å²) in [6, 6.07) is 4.04. The second-order valence-electron chi connectivity index (χ2n) is 6.78. The Morgan fingerprint density at radius 1 is 0.963 bits per heavy atom. The zero-order chi connectivity index (χ0) is 18.8. The van der Waals surface area contributed by atoms with Crippen molar-refractivity contribution in [3.63, 3.8) is 0 Å². The number of morpholine rings is 1. The molecule has 144 valence electrons. The number of hydrogen-bond acceptors (Lipinski definition) is 8. The molecule has 2 saturated heterocycles. The minimum atomic E-state index is 0.0894. The molecule has 0 bridgehead atoms. The Balaban J connectivity index is 1.36. The van der Waals surface area contributed by atoms with E-state index in [1.165, 1.54) is 11.3 Å². The molecule has 0 atom stereocenters. The summed E-state index contributed by atoms with van der Waals surface area (Å²) < 4.78 is 5.38. The maximum absolute atomic E-state index is 12.7. The molecule has 2 aliphatic heterocycles. The second kappa shape index (κ2) is 7.77. The Labute approximate surface area is 162 Å². The Hall–Kier alpha value is -2.26. The lowest BCUT2D eigenvalue weighted by molar-refractivity contribution is 0.0750. The molecule has 0 saturated carbocycles. The number of anilines is 2. The van der Waals surface area contributed by atoms with Gasteiger partial charge in [0.05, 0.1) is 23.9 Å². The van der Waals surface area contributed by atoms with Gasteiger partial charge in [0.2, 0.25) is 0 Å².